The van der Waals surface area contributed by atoms with Gasteiger partial charge in [0.15, 0.2) is 0 Å². The smallest absolute Gasteiger partial charge is 0 e. The zero-order valence-electron chi connectivity index (χ0n) is 4.73. The Kier molecular flexibility index (Phi) is 9.09. The Hall–Kier alpha value is 0.584. The summed E-state index contributed by atoms with van der Waals surface area (Å²) in [5, 5.41) is 0. The third-order valence-corrected chi connectivity index (χ3v) is 0.816. The predicted octanol–water partition coefficient (Wildman–Crippen LogP) is 2.05. The van der Waals surface area contributed by atoms with Gasteiger partial charge in [-0.25, -0.2) is 0 Å². The third-order valence-electron chi connectivity index (χ3n) is 0.816. The molecule has 0 fully saturated rings. The van der Waals surface area contributed by atoms with Crippen molar-refractivity contribution in [3.05, 3.63) is 0 Å². The maximum absolute atomic E-state index is 2.22. The maximum Gasteiger partial charge on any atom is 0 e. The Bertz CT molecular complexity index is 17.9. The molecule has 0 spiro atoms. The van der Waals surface area contributed by atoms with Crippen molar-refractivity contribution in [1.82, 2.24) is 0 Å². The van der Waals surface area contributed by atoms with Crippen molar-refractivity contribution in [3.63, 3.8) is 0 Å². The summed E-state index contributed by atoms with van der Waals surface area (Å²) in [5.41, 5.74) is 0. The van der Waals surface area contributed by atoms with Crippen LogP contribution in [-0.4, -0.2) is 0 Å². The van der Waals surface area contributed by atoms with Crippen LogP contribution in [-0.2, 0) is 18.6 Å². The fourth-order valence-electron chi connectivity index (χ4n) is 0. The normalized spacial score (nSPS) is 8.00. The van der Waals surface area contributed by atoms with Crippen molar-refractivity contribution in [2.75, 3.05) is 0 Å². The van der Waals surface area contributed by atoms with E-state index in [1.807, 2.05) is 0 Å². The molecule has 0 aliphatic rings. The molecule has 0 aromatic heterocycles. The van der Waals surface area contributed by atoms with Gasteiger partial charge in [-0.05, 0) is 5.92 Å². The maximum atomic E-state index is 2.22. The molecule has 6 heavy (non-hydrogen) atoms. The molecule has 0 aliphatic heterocycles. The average Bonchev–Trinajstić information content (AvgIpc) is 1.38. The van der Waals surface area contributed by atoms with Crippen molar-refractivity contribution in [3.8, 4) is 0 Å². The molecular weight excluding hydrogens is 111 g/mol. The van der Waals surface area contributed by atoms with E-state index in [0.29, 0.717) is 0 Å². The molecular formula is C5H12V. The second-order valence-electron chi connectivity index (χ2n) is 1.80. The van der Waals surface area contributed by atoms with Gasteiger partial charge < -0.3 is 0 Å². The molecule has 0 nitrogen and oxygen atoms in total. The Morgan fingerprint density at radius 3 is 1.50 bits per heavy atom. The Morgan fingerprint density at radius 1 is 1.33 bits per heavy atom. The molecule has 0 aliphatic carbocycles. The molecule has 0 heterocycles. The van der Waals surface area contributed by atoms with Crippen LogP contribution in [0.5, 0.6) is 0 Å². The van der Waals surface area contributed by atoms with Crippen molar-refractivity contribution in [1.29, 1.82) is 0 Å². The molecule has 0 atom stereocenters. The molecule has 0 amide bonds. The molecule has 0 unspecified atom stereocenters. The van der Waals surface area contributed by atoms with Gasteiger partial charge in [0.25, 0.3) is 0 Å². The zero-order valence-corrected chi connectivity index (χ0v) is 6.13. The summed E-state index contributed by atoms with van der Waals surface area (Å²) in [7, 11) is 0. The molecule has 0 saturated carbocycles. The van der Waals surface area contributed by atoms with Crippen LogP contribution < -0.4 is 0 Å². The van der Waals surface area contributed by atoms with Gasteiger partial charge in [-0.1, -0.05) is 27.2 Å². The predicted molar refractivity (Wildman–Crippen MR) is 25.1 cm³/mol. The first-order chi connectivity index (χ1) is 2.27. The van der Waals surface area contributed by atoms with E-state index in [2.05, 4.69) is 20.8 Å². The van der Waals surface area contributed by atoms with Crippen LogP contribution in [0.4, 0.5) is 0 Å². The molecule has 0 rings (SSSR count). The molecule has 0 saturated heterocycles. The summed E-state index contributed by atoms with van der Waals surface area (Å²) >= 11 is 0. The van der Waals surface area contributed by atoms with E-state index < -0.39 is 0 Å². The molecule has 0 bridgehead atoms. The molecule has 0 N–H and O–H groups in total. The second kappa shape index (κ2) is 5.58. The van der Waals surface area contributed by atoms with E-state index in [4.69, 9.17) is 0 Å². The standard InChI is InChI=1S/C5H12.V/c1-4-5(2)3;/h5H,4H2,1-3H3;. The number of rotatable bonds is 1. The van der Waals surface area contributed by atoms with Crippen LogP contribution in [0.2, 0.25) is 0 Å². The van der Waals surface area contributed by atoms with Crippen LogP contribution in [0.1, 0.15) is 27.2 Å². The molecule has 1 radical (unpaired) electrons. The Balaban J connectivity index is 0. The summed E-state index contributed by atoms with van der Waals surface area (Å²) < 4.78 is 0. The summed E-state index contributed by atoms with van der Waals surface area (Å²) in [4.78, 5) is 0. The van der Waals surface area contributed by atoms with Crippen molar-refractivity contribution in [2.24, 2.45) is 5.92 Å². The number of hydrogen-bond acceptors (Lipinski definition) is 0. The molecule has 1 heteroatoms. The van der Waals surface area contributed by atoms with Gasteiger partial charge in [0.1, 0.15) is 0 Å². The van der Waals surface area contributed by atoms with Crippen LogP contribution in [0.3, 0.4) is 0 Å². The van der Waals surface area contributed by atoms with Crippen LogP contribution in [0.25, 0.3) is 0 Å². The fourth-order valence-corrected chi connectivity index (χ4v) is 0. The van der Waals surface area contributed by atoms with E-state index in [-0.39, 0.29) is 18.6 Å². The molecule has 0 aromatic rings. The van der Waals surface area contributed by atoms with E-state index in [1.165, 1.54) is 6.42 Å². The van der Waals surface area contributed by atoms with Gasteiger partial charge >= 0.3 is 0 Å². The third kappa shape index (κ3) is 8.82. The summed E-state index contributed by atoms with van der Waals surface area (Å²) in [5.74, 6) is 0.884. The van der Waals surface area contributed by atoms with E-state index >= 15 is 0 Å². The molecule has 37 valence electrons. The second-order valence-corrected chi connectivity index (χ2v) is 1.80. The summed E-state index contributed by atoms with van der Waals surface area (Å²) in [6.07, 6.45) is 1.31. The van der Waals surface area contributed by atoms with E-state index in [0.717, 1.165) is 5.92 Å². The van der Waals surface area contributed by atoms with Crippen molar-refractivity contribution in [2.45, 2.75) is 27.2 Å². The van der Waals surface area contributed by atoms with E-state index in [1.54, 1.807) is 0 Å². The van der Waals surface area contributed by atoms with Crippen LogP contribution in [0.15, 0.2) is 0 Å². The topological polar surface area (TPSA) is 0 Å². The van der Waals surface area contributed by atoms with Crippen LogP contribution in [0, 0.1) is 5.92 Å². The van der Waals surface area contributed by atoms with Gasteiger partial charge in [0.05, 0.1) is 0 Å². The van der Waals surface area contributed by atoms with Crippen molar-refractivity contribution >= 4 is 0 Å². The minimum absolute atomic E-state index is 0. The van der Waals surface area contributed by atoms with Gasteiger partial charge in [0, 0.05) is 18.6 Å². The first-order valence-corrected chi connectivity index (χ1v) is 2.27. The van der Waals surface area contributed by atoms with Crippen molar-refractivity contribution < 1.29 is 18.6 Å². The fraction of sp³-hybridized carbons (Fsp3) is 1.00. The number of hydrogen-bond donors (Lipinski definition) is 0. The minimum atomic E-state index is 0. The SMILES string of the molecule is CCC(C)C.[V]. The largest absolute Gasteiger partial charge is 0.0651 e. The quantitative estimate of drug-likeness (QED) is 0.500. The van der Waals surface area contributed by atoms with Gasteiger partial charge in [0.2, 0.25) is 0 Å². The summed E-state index contributed by atoms with van der Waals surface area (Å²) in [6.45, 7) is 6.64. The van der Waals surface area contributed by atoms with Crippen LogP contribution >= 0.6 is 0 Å². The first-order valence-electron chi connectivity index (χ1n) is 2.27. The first kappa shape index (κ1) is 9.77. The van der Waals surface area contributed by atoms with Gasteiger partial charge in [-0.2, -0.15) is 0 Å². The monoisotopic (exact) mass is 123 g/mol. The zero-order chi connectivity index (χ0) is 4.28. The van der Waals surface area contributed by atoms with Gasteiger partial charge in [-0.15, -0.1) is 0 Å². The minimum Gasteiger partial charge on any atom is -0.0651 e. The van der Waals surface area contributed by atoms with E-state index in [9.17, 15) is 0 Å². The summed E-state index contributed by atoms with van der Waals surface area (Å²) in [6, 6.07) is 0. The molecule has 0 aromatic carbocycles. The van der Waals surface area contributed by atoms with Gasteiger partial charge in [-0.3, -0.25) is 0 Å². The Labute approximate surface area is 52.2 Å². The Morgan fingerprint density at radius 2 is 1.50 bits per heavy atom. The average molecular weight is 123 g/mol.